The number of ether oxygens (including phenoxy) is 3. The van der Waals surface area contributed by atoms with Gasteiger partial charge in [0.1, 0.15) is 24.2 Å². The minimum atomic E-state index is -1.64. The molecular weight excluding hydrogens is 1110 g/mol. The number of thioether (sulfide) groups is 2. The lowest BCUT2D eigenvalue weighted by atomic mass is 9.84. The van der Waals surface area contributed by atoms with Crippen molar-refractivity contribution in [1.82, 2.24) is 21.3 Å². The van der Waals surface area contributed by atoms with Gasteiger partial charge in [0, 0.05) is 23.5 Å². The number of para-hydroxylation sites is 1. The first-order chi connectivity index (χ1) is 39.7. The lowest BCUT2D eigenvalue weighted by molar-refractivity contribution is -0.148. The highest BCUT2D eigenvalue weighted by molar-refractivity contribution is 8.00. The lowest BCUT2D eigenvalue weighted by Crippen LogP contribution is -2.62. The van der Waals surface area contributed by atoms with Crippen LogP contribution in [0.1, 0.15) is 91.8 Å². The molecule has 0 bridgehead atoms. The summed E-state index contributed by atoms with van der Waals surface area (Å²) in [5.41, 5.74) is 7.64. The summed E-state index contributed by atoms with van der Waals surface area (Å²) in [7, 11) is 0. The zero-order valence-corrected chi connectivity index (χ0v) is 50.5. The zero-order chi connectivity index (χ0) is 61.8. The van der Waals surface area contributed by atoms with E-state index in [0.717, 1.165) is 33.4 Å². The van der Waals surface area contributed by atoms with Crippen molar-refractivity contribution in [3.63, 3.8) is 0 Å². The fourth-order valence-corrected chi connectivity index (χ4v) is 11.4. The van der Waals surface area contributed by atoms with Crippen molar-refractivity contribution in [1.29, 1.82) is 0 Å². The van der Waals surface area contributed by atoms with Crippen LogP contribution >= 0.6 is 23.5 Å². The largest absolute Gasteiger partial charge is 0.481 e. The van der Waals surface area contributed by atoms with Gasteiger partial charge in [-0.25, -0.2) is 9.59 Å². The molecule has 0 heterocycles. The molecule has 5 rings (SSSR count). The van der Waals surface area contributed by atoms with Gasteiger partial charge in [0.2, 0.25) is 29.5 Å². The van der Waals surface area contributed by atoms with Gasteiger partial charge in [-0.2, -0.15) is 0 Å². The fraction of sp³-hybridized carbons (Fsp3) is 0.397. The molecule has 0 aliphatic heterocycles. The number of nitrogens with two attached hydrogens (primary N) is 1. The highest BCUT2D eigenvalue weighted by Gasteiger charge is 2.42. The molecule has 0 fully saturated rings. The normalized spacial score (nSPS) is 13.9. The molecule has 5 aromatic carbocycles. The third kappa shape index (κ3) is 20.0. The predicted octanol–water partition coefficient (Wildman–Crippen LogP) is 7.92. The Morgan fingerprint density at radius 1 is 0.583 bits per heavy atom. The number of carboxylic acid groups (broad SMARTS) is 2. The number of carboxylic acids is 2. The van der Waals surface area contributed by atoms with Crippen LogP contribution in [0.15, 0.2) is 146 Å². The Labute approximate surface area is 499 Å². The first-order valence-electron chi connectivity index (χ1n) is 27.5. The number of rotatable bonds is 30. The van der Waals surface area contributed by atoms with Crippen molar-refractivity contribution in [3.8, 4) is 11.1 Å². The minimum Gasteiger partial charge on any atom is -0.481 e. The van der Waals surface area contributed by atoms with Crippen molar-refractivity contribution in [3.05, 3.63) is 162 Å². The van der Waals surface area contributed by atoms with E-state index in [0.29, 0.717) is 11.1 Å². The quantitative estimate of drug-likeness (QED) is 0.0215. The Morgan fingerprint density at radius 2 is 1.06 bits per heavy atom. The van der Waals surface area contributed by atoms with Gasteiger partial charge in [0.15, 0.2) is 6.04 Å². The molecule has 0 saturated carbocycles. The number of nitrogens with zero attached hydrogens (tertiary/aromatic N) is 1. The summed E-state index contributed by atoms with van der Waals surface area (Å²) >= 11 is 2.17. The number of hydrogen-bond donors (Lipinski definition) is 7. The Balaban J connectivity index is 1.68. The number of nitrogens with one attached hydrogen (secondary N) is 4. The van der Waals surface area contributed by atoms with E-state index < -0.39 is 125 Å². The van der Waals surface area contributed by atoms with E-state index in [-0.39, 0.29) is 22.9 Å². The molecule has 450 valence electrons. The van der Waals surface area contributed by atoms with Crippen LogP contribution in [0.5, 0.6) is 0 Å². The third-order valence-corrected chi connectivity index (χ3v) is 15.4. The summed E-state index contributed by atoms with van der Waals surface area (Å²) in [6.45, 7) is 14.6. The zero-order valence-electron chi connectivity index (χ0n) is 48.9. The van der Waals surface area contributed by atoms with E-state index in [2.05, 4.69) is 21.3 Å². The minimum absolute atomic E-state index is 0.203. The van der Waals surface area contributed by atoms with Crippen molar-refractivity contribution in [2.24, 2.45) is 5.73 Å². The maximum Gasteiger partial charge on any atom is 0.415 e. The maximum absolute atomic E-state index is 15.6. The number of benzene rings is 5. The molecule has 0 aliphatic carbocycles. The Kier molecular flexibility index (Phi) is 25.0. The topological polar surface area (TPSA) is 282 Å². The number of carbonyl (C=O) groups excluding carboxylic acids is 6. The second kappa shape index (κ2) is 31.3. The van der Waals surface area contributed by atoms with Crippen molar-refractivity contribution in [2.45, 2.75) is 134 Å². The molecule has 0 radical (unpaired) electrons. The van der Waals surface area contributed by atoms with Crippen LogP contribution in [0.25, 0.3) is 11.1 Å². The molecule has 6 atom stereocenters. The number of carbonyl (C=O) groups is 8. The number of anilines is 1. The van der Waals surface area contributed by atoms with Crippen LogP contribution in [0.4, 0.5) is 10.5 Å². The van der Waals surface area contributed by atoms with Gasteiger partial charge in [-0.1, -0.05) is 140 Å². The van der Waals surface area contributed by atoms with E-state index in [1.807, 2.05) is 109 Å². The van der Waals surface area contributed by atoms with Crippen molar-refractivity contribution < 1.29 is 62.8 Å². The van der Waals surface area contributed by atoms with Gasteiger partial charge < -0.3 is 51.4 Å². The summed E-state index contributed by atoms with van der Waals surface area (Å²) in [6.07, 6.45) is -3.86. The van der Waals surface area contributed by atoms with Crippen LogP contribution in [0.2, 0.25) is 0 Å². The molecule has 21 heteroatoms. The molecule has 0 unspecified atom stereocenters. The summed E-state index contributed by atoms with van der Waals surface area (Å²) in [5, 5.41) is 31.1. The number of hydrogen-bond acceptors (Lipinski definition) is 13. The molecular formula is C63H78N6O13S2. The lowest BCUT2D eigenvalue weighted by Gasteiger charge is -2.37. The second-order valence-electron chi connectivity index (χ2n) is 22.1. The van der Waals surface area contributed by atoms with E-state index in [1.54, 1.807) is 91.8 Å². The van der Waals surface area contributed by atoms with E-state index in [9.17, 15) is 39.0 Å². The molecule has 0 aromatic heterocycles. The Bertz CT molecular complexity index is 2900. The number of aliphatic carboxylic acids is 2. The smallest absolute Gasteiger partial charge is 0.415 e. The SMILES string of the molecule is CC(C)OC(=O)N(c1ccccc1-c1ccccc1)[C@@H](CCC(=O)O)C(=O)N[C@@H](CSC(c1ccccc1)(c1ccccc1)c1ccccc1)C(=O)N[C@@H](CSCC(N)=O)C(=O)N[C@H](C(=O)N[C@@H](COC(C)(C)C)C(=O)O)[C@@H](C)OC(C)(C)C. The summed E-state index contributed by atoms with van der Waals surface area (Å²) in [6, 6.07) is 36.3. The molecule has 0 spiro atoms. The highest BCUT2D eigenvalue weighted by Crippen LogP contribution is 2.49. The molecule has 0 aliphatic rings. The molecule has 8 N–H and O–H groups in total. The molecule has 6 amide bonds. The molecule has 0 saturated heterocycles. The standard InChI is InChI=1S/C63H78N6O13S2/c1-40(2)81-60(79)69(50-33-23-22-32-46(50)42-24-14-10-15-25-42)51(34-35-53(71)72)57(75)67-49(38-84-63(43-26-16-11-17-27-43,44-28-18-12-19-29-44)45-30-20-13-21-31-45)55(73)66-48(37-83-39-52(64)70)56(74)68-54(41(3)82-62(7,8)9)58(76)65-47(59(77)78)36-80-61(4,5)6/h10-33,40-41,47-49,51,54H,34-39H2,1-9H3,(H2,64,70)(H,65,76)(H,66,73)(H,67,75)(H,68,74)(H,71,72)(H,77,78)/t41-,47+,48+,49+,51+,54+/m1/s1. The van der Waals surface area contributed by atoms with Gasteiger partial charge in [0.25, 0.3) is 0 Å². The predicted molar refractivity (Wildman–Crippen MR) is 326 cm³/mol. The second-order valence-corrected chi connectivity index (χ2v) is 24.3. The molecule has 19 nitrogen and oxygen atoms in total. The third-order valence-electron chi connectivity index (χ3n) is 12.7. The van der Waals surface area contributed by atoms with E-state index >= 15 is 9.59 Å². The van der Waals surface area contributed by atoms with Gasteiger partial charge in [-0.05, 0) is 97.1 Å². The number of primary amides is 1. The summed E-state index contributed by atoms with van der Waals surface area (Å²) < 4.78 is 16.6. The maximum atomic E-state index is 15.6. The van der Waals surface area contributed by atoms with Crippen LogP contribution in [-0.2, 0) is 52.5 Å². The van der Waals surface area contributed by atoms with Crippen LogP contribution in [0.3, 0.4) is 0 Å². The number of amides is 6. The average molecular weight is 1190 g/mol. The Hall–Kier alpha value is -7.72. The fourth-order valence-electron chi connectivity index (χ4n) is 9.04. The average Bonchev–Trinajstić information content (AvgIpc) is 2.18. The van der Waals surface area contributed by atoms with Gasteiger partial charge in [0.05, 0.1) is 46.2 Å². The van der Waals surface area contributed by atoms with Gasteiger partial charge >= 0.3 is 18.0 Å². The highest BCUT2D eigenvalue weighted by atomic mass is 32.2. The van der Waals surface area contributed by atoms with Crippen molar-refractivity contribution >= 4 is 76.8 Å². The van der Waals surface area contributed by atoms with Crippen LogP contribution < -0.4 is 31.9 Å². The first kappa shape index (κ1) is 67.1. The van der Waals surface area contributed by atoms with Crippen LogP contribution in [-0.4, -0.2) is 135 Å². The van der Waals surface area contributed by atoms with Crippen molar-refractivity contribution in [2.75, 3.05) is 28.8 Å². The molecule has 5 aromatic rings. The van der Waals surface area contributed by atoms with E-state index in [1.165, 1.54) is 18.7 Å². The van der Waals surface area contributed by atoms with E-state index in [4.69, 9.17) is 19.9 Å². The van der Waals surface area contributed by atoms with Gasteiger partial charge in [-0.15, -0.1) is 23.5 Å². The van der Waals surface area contributed by atoms with Gasteiger partial charge in [-0.3, -0.25) is 33.7 Å². The van der Waals surface area contributed by atoms with Crippen LogP contribution in [0, 0.1) is 0 Å². The summed E-state index contributed by atoms with van der Waals surface area (Å²) in [4.78, 5) is 113. The molecule has 84 heavy (non-hydrogen) atoms. The Morgan fingerprint density at radius 3 is 1.55 bits per heavy atom. The monoisotopic (exact) mass is 1190 g/mol. The first-order valence-corrected chi connectivity index (χ1v) is 29.6. The summed E-state index contributed by atoms with van der Waals surface area (Å²) in [5.74, 6) is -8.13.